The van der Waals surface area contributed by atoms with Gasteiger partial charge in [-0.15, -0.1) is 11.8 Å². The molecule has 0 radical (unpaired) electrons. The van der Waals surface area contributed by atoms with Crippen molar-refractivity contribution in [2.24, 2.45) is 5.92 Å². The summed E-state index contributed by atoms with van der Waals surface area (Å²) in [6.07, 6.45) is 0. The van der Waals surface area contributed by atoms with E-state index in [2.05, 4.69) is 5.32 Å². The van der Waals surface area contributed by atoms with Crippen molar-refractivity contribution in [2.45, 2.75) is 11.3 Å². The largest absolute Gasteiger partial charge is 0.376 e. The van der Waals surface area contributed by atoms with Crippen LogP contribution in [-0.2, 0) is 9.84 Å². The first kappa shape index (κ1) is 12.4. The van der Waals surface area contributed by atoms with Gasteiger partial charge in [-0.3, -0.25) is 0 Å². The lowest BCUT2D eigenvalue weighted by molar-refractivity contribution is 0.588. The predicted octanol–water partition coefficient (Wildman–Crippen LogP) is 1.95. The molecule has 0 aromatic heterocycles. The Balaban J connectivity index is 1.82. The number of hydrogen-bond donors (Lipinski definition) is 1. The topological polar surface area (TPSA) is 46.2 Å². The monoisotopic (exact) mass is 299 g/mol. The minimum atomic E-state index is -2.87. The second-order valence-corrected chi connectivity index (χ2v) is 8.84. The molecule has 1 aromatic rings. The first-order valence-corrected chi connectivity index (χ1v) is 8.89. The molecule has 1 aromatic carbocycles. The van der Waals surface area contributed by atoms with Crippen molar-refractivity contribution in [3.8, 4) is 0 Å². The molecule has 2 fully saturated rings. The van der Waals surface area contributed by atoms with E-state index in [1.54, 1.807) is 11.8 Å². The molecule has 0 bridgehead atoms. The van der Waals surface area contributed by atoms with Gasteiger partial charge in [0, 0.05) is 16.9 Å². The molecule has 2 saturated heterocycles. The second-order valence-electron chi connectivity index (χ2n) is 4.70. The maximum Gasteiger partial charge on any atom is 0.151 e. The Kier molecular flexibility index (Phi) is 3.11. The Bertz CT molecular complexity index is 570. The zero-order chi connectivity index (χ0) is 12.8. The minimum Gasteiger partial charge on any atom is -0.376 e. The number of fused-ring (bicyclic) bond motifs is 1. The summed E-state index contributed by atoms with van der Waals surface area (Å²) in [5.74, 6) is 0.651. The average Bonchev–Trinajstić information content (AvgIpc) is 2.74. The maximum absolute atomic E-state index is 11.7. The summed E-state index contributed by atoms with van der Waals surface area (Å²) in [5.41, 5.74) is 0.996. The van der Waals surface area contributed by atoms with Crippen LogP contribution >= 0.6 is 24.0 Å². The molecule has 6 heteroatoms. The van der Waals surface area contributed by atoms with Gasteiger partial charge >= 0.3 is 0 Å². The number of benzene rings is 1. The molecule has 18 heavy (non-hydrogen) atoms. The molecule has 1 N–H and O–H groups in total. The minimum absolute atomic E-state index is 0.00493. The summed E-state index contributed by atoms with van der Waals surface area (Å²) < 4.78 is 24.2. The molecule has 2 heterocycles. The molecule has 0 amide bonds. The van der Waals surface area contributed by atoms with Gasteiger partial charge in [-0.25, -0.2) is 8.42 Å². The van der Waals surface area contributed by atoms with Crippen LogP contribution in [0.1, 0.15) is 0 Å². The van der Waals surface area contributed by atoms with E-state index in [-0.39, 0.29) is 28.7 Å². The smallest absolute Gasteiger partial charge is 0.151 e. The van der Waals surface area contributed by atoms with Crippen molar-refractivity contribution in [3.05, 3.63) is 30.3 Å². The number of thiocarbonyl (C=S) groups is 1. The standard InChI is InChI=1S/C12H13NO2S3/c14-18(15)6-9-10(7-18)17-12(16)11(9)13-8-4-2-1-3-5-8/h1-5,9-11,13H,6-7H2/t9-,10+,11-/m1/s1. The molecule has 96 valence electrons. The van der Waals surface area contributed by atoms with E-state index in [0.29, 0.717) is 0 Å². The van der Waals surface area contributed by atoms with Crippen LogP contribution in [0.15, 0.2) is 30.3 Å². The van der Waals surface area contributed by atoms with Crippen molar-refractivity contribution < 1.29 is 8.42 Å². The van der Waals surface area contributed by atoms with Gasteiger partial charge in [0.2, 0.25) is 0 Å². The normalized spacial score (nSPS) is 33.3. The molecular weight excluding hydrogens is 286 g/mol. The highest BCUT2D eigenvalue weighted by molar-refractivity contribution is 8.24. The molecule has 2 aliphatic rings. The van der Waals surface area contributed by atoms with E-state index in [1.807, 2.05) is 30.3 Å². The molecule has 3 nitrogen and oxygen atoms in total. The van der Waals surface area contributed by atoms with E-state index in [4.69, 9.17) is 12.2 Å². The first-order chi connectivity index (χ1) is 8.55. The fourth-order valence-corrected chi connectivity index (χ4v) is 7.17. The van der Waals surface area contributed by atoms with E-state index in [9.17, 15) is 8.42 Å². The van der Waals surface area contributed by atoms with Crippen LogP contribution in [0.3, 0.4) is 0 Å². The first-order valence-electron chi connectivity index (χ1n) is 5.78. The van der Waals surface area contributed by atoms with Crippen molar-refractivity contribution in [1.82, 2.24) is 0 Å². The van der Waals surface area contributed by atoms with Gasteiger partial charge in [0.15, 0.2) is 9.84 Å². The lowest BCUT2D eigenvalue weighted by Gasteiger charge is -2.19. The number of rotatable bonds is 2. The Morgan fingerprint density at radius 1 is 1.22 bits per heavy atom. The summed E-state index contributed by atoms with van der Waals surface area (Å²) in [6, 6.07) is 9.81. The zero-order valence-corrected chi connectivity index (χ0v) is 12.0. The average molecular weight is 299 g/mol. The van der Waals surface area contributed by atoms with Gasteiger partial charge in [-0.1, -0.05) is 30.4 Å². The summed E-state index contributed by atoms with van der Waals surface area (Å²) >= 11 is 6.93. The van der Waals surface area contributed by atoms with Crippen molar-refractivity contribution >= 4 is 43.7 Å². The van der Waals surface area contributed by atoms with Crippen LogP contribution in [0, 0.1) is 5.92 Å². The third-order valence-corrected chi connectivity index (χ3v) is 7.21. The Morgan fingerprint density at radius 3 is 2.67 bits per heavy atom. The number of sulfone groups is 1. The molecule has 3 atom stereocenters. The third-order valence-electron chi connectivity index (χ3n) is 3.39. The number of nitrogens with one attached hydrogen (secondary N) is 1. The Morgan fingerprint density at radius 2 is 1.94 bits per heavy atom. The molecule has 3 rings (SSSR count). The highest BCUT2D eigenvalue weighted by atomic mass is 32.2. The Labute approximate surface area is 116 Å². The zero-order valence-electron chi connectivity index (χ0n) is 9.57. The second kappa shape index (κ2) is 4.51. The third kappa shape index (κ3) is 2.29. The van der Waals surface area contributed by atoms with Gasteiger partial charge in [0.05, 0.1) is 21.7 Å². The molecular formula is C12H13NO2S3. The maximum atomic E-state index is 11.7. The highest BCUT2D eigenvalue weighted by Crippen LogP contribution is 2.42. The molecule has 0 spiro atoms. The number of hydrogen-bond acceptors (Lipinski definition) is 5. The van der Waals surface area contributed by atoms with Gasteiger partial charge in [0.25, 0.3) is 0 Å². The fourth-order valence-electron chi connectivity index (χ4n) is 2.55. The number of para-hydroxylation sites is 1. The summed E-state index contributed by atoms with van der Waals surface area (Å²) in [5, 5.41) is 3.52. The van der Waals surface area contributed by atoms with Gasteiger partial charge in [-0.2, -0.15) is 0 Å². The van der Waals surface area contributed by atoms with E-state index in [1.165, 1.54) is 0 Å². The van der Waals surface area contributed by atoms with E-state index < -0.39 is 9.84 Å². The van der Waals surface area contributed by atoms with E-state index in [0.717, 1.165) is 9.88 Å². The lowest BCUT2D eigenvalue weighted by Crippen LogP contribution is -2.32. The summed E-state index contributed by atoms with van der Waals surface area (Å²) in [4.78, 5) is 0. The quantitative estimate of drug-likeness (QED) is 0.846. The fraction of sp³-hybridized carbons (Fsp3) is 0.417. The SMILES string of the molecule is O=S1(=O)C[C@@H]2[C@H](C1)SC(=S)[C@@H]2Nc1ccccc1. The van der Waals surface area contributed by atoms with Crippen LogP contribution in [-0.4, -0.2) is 35.4 Å². The number of thioether (sulfide) groups is 1. The van der Waals surface area contributed by atoms with E-state index >= 15 is 0 Å². The van der Waals surface area contributed by atoms with Crippen LogP contribution in [0.5, 0.6) is 0 Å². The van der Waals surface area contributed by atoms with Crippen LogP contribution in [0.4, 0.5) is 5.69 Å². The summed E-state index contributed by atoms with van der Waals surface area (Å²) in [6.45, 7) is 0. The van der Waals surface area contributed by atoms with Crippen molar-refractivity contribution in [1.29, 1.82) is 0 Å². The molecule has 0 unspecified atom stereocenters. The van der Waals surface area contributed by atoms with Crippen LogP contribution in [0.2, 0.25) is 0 Å². The lowest BCUT2D eigenvalue weighted by atomic mass is 10.0. The molecule has 0 aliphatic carbocycles. The van der Waals surface area contributed by atoms with Crippen molar-refractivity contribution in [3.63, 3.8) is 0 Å². The van der Waals surface area contributed by atoms with Gasteiger partial charge < -0.3 is 5.32 Å². The van der Waals surface area contributed by atoms with Gasteiger partial charge in [0.1, 0.15) is 0 Å². The highest BCUT2D eigenvalue weighted by Gasteiger charge is 2.49. The predicted molar refractivity (Wildman–Crippen MR) is 80.0 cm³/mol. The summed E-state index contributed by atoms with van der Waals surface area (Å²) in [7, 11) is -2.87. The van der Waals surface area contributed by atoms with Crippen LogP contribution in [0.25, 0.3) is 0 Å². The van der Waals surface area contributed by atoms with Gasteiger partial charge in [-0.05, 0) is 12.1 Å². The van der Waals surface area contributed by atoms with Crippen molar-refractivity contribution in [2.75, 3.05) is 16.8 Å². The Hall–Kier alpha value is -0.590. The number of anilines is 1. The van der Waals surface area contributed by atoms with Crippen LogP contribution < -0.4 is 5.32 Å². The molecule has 2 aliphatic heterocycles. The molecule has 0 saturated carbocycles.